The van der Waals surface area contributed by atoms with Gasteiger partial charge in [-0.05, 0) is 30.9 Å². The molecule has 3 heterocycles. The van der Waals surface area contributed by atoms with Crippen LogP contribution < -0.4 is 10.8 Å². The molecule has 1 aromatic carbocycles. The van der Waals surface area contributed by atoms with Gasteiger partial charge in [0.25, 0.3) is 5.91 Å². The summed E-state index contributed by atoms with van der Waals surface area (Å²) in [5, 5.41) is 3.13. The molecule has 5 rings (SSSR count). The quantitative estimate of drug-likeness (QED) is 0.735. The average Bonchev–Trinajstić information content (AvgIpc) is 3.23. The smallest absolute Gasteiger partial charge is 0.254 e. The van der Waals surface area contributed by atoms with Crippen molar-refractivity contribution in [1.29, 1.82) is 0 Å². The van der Waals surface area contributed by atoms with Crippen molar-refractivity contribution >= 4 is 25.1 Å². The van der Waals surface area contributed by atoms with E-state index < -0.39 is 0 Å². The van der Waals surface area contributed by atoms with Crippen molar-refractivity contribution in [3.05, 3.63) is 29.3 Å². The molecule has 1 N–H and O–H groups in total. The van der Waals surface area contributed by atoms with Gasteiger partial charge in [0.2, 0.25) is 5.91 Å². The zero-order valence-corrected chi connectivity index (χ0v) is 15.4. The van der Waals surface area contributed by atoms with E-state index in [0.717, 1.165) is 51.1 Å². The van der Waals surface area contributed by atoms with Gasteiger partial charge in [0.1, 0.15) is 7.85 Å². The monoisotopic (exact) mass is 365 g/mol. The number of amides is 2. The molecule has 140 valence electrons. The van der Waals surface area contributed by atoms with Crippen LogP contribution in [0.15, 0.2) is 18.2 Å². The molecule has 1 aromatic rings. The Labute approximate surface area is 160 Å². The summed E-state index contributed by atoms with van der Waals surface area (Å²) in [5.41, 5.74) is 2.48. The molecule has 1 aliphatic carbocycles. The molecule has 2 radical (unpaired) electrons. The maximum atomic E-state index is 12.9. The average molecular weight is 365 g/mol. The number of hydrogen-bond donors (Lipinski definition) is 1. The van der Waals surface area contributed by atoms with Crippen LogP contribution in [0, 0.1) is 0 Å². The van der Waals surface area contributed by atoms with Crippen molar-refractivity contribution < 1.29 is 14.3 Å². The minimum absolute atomic E-state index is 0.00723. The van der Waals surface area contributed by atoms with Gasteiger partial charge in [-0.15, -0.1) is 0 Å². The van der Waals surface area contributed by atoms with E-state index in [1.807, 2.05) is 12.1 Å². The number of hydrogen-bond acceptors (Lipinski definition) is 4. The van der Waals surface area contributed by atoms with Gasteiger partial charge in [0, 0.05) is 36.7 Å². The standard InChI is InChI=1S/C20H24BN3O3/c21-13-1-2-16-17(7-13)20(4-5-20)12-24(19(16)26)9-18(25)22-14-3-6-23(8-14)15-10-27-11-15/h1-2,7,14-15H,3-6,8-12H2,(H,22,25)/t14-/m1/s1. The molecular weight excluding hydrogens is 341 g/mol. The Bertz CT molecular complexity index is 791. The van der Waals surface area contributed by atoms with Gasteiger partial charge >= 0.3 is 0 Å². The van der Waals surface area contributed by atoms with Crippen LogP contribution in [0.4, 0.5) is 0 Å². The molecule has 1 spiro atoms. The van der Waals surface area contributed by atoms with Crippen molar-refractivity contribution in [1.82, 2.24) is 15.1 Å². The molecule has 2 saturated heterocycles. The number of fused-ring (bicyclic) bond motifs is 2. The molecule has 0 bridgehead atoms. The lowest BCUT2D eigenvalue weighted by molar-refractivity contribution is -0.122. The molecule has 1 atom stereocenters. The Morgan fingerprint density at radius 3 is 2.85 bits per heavy atom. The summed E-state index contributed by atoms with van der Waals surface area (Å²) in [7, 11) is 5.93. The lowest BCUT2D eigenvalue weighted by Crippen LogP contribution is -2.51. The van der Waals surface area contributed by atoms with E-state index in [1.165, 1.54) is 0 Å². The zero-order chi connectivity index (χ0) is 18.6. The van der Waals surface area contributed by atoms with Crippen molar-refractivity contribution in [2.75, 3.05) is 39.4 Å². The summed E-state index contributed by atoms with van der Waals surface area (Å²) in [4.78, 5) is 29.6. The fraction of sp³-hybridized carbons (Fsp3) is 0.600. The van der Waals surface area contributed by atoms with Crippen LogP contribution >= 0.6 is 0 Å². The van der Waals surface area contributed by atoms with E-state index in [-0.39, 0.29) is 29.8 Å². The Hall–Kier alpha value is -1.86. The third kappa shape index (κ3) is 3.07. The number of rotatable bonds is 4. The van der Waals surface area contributed by atoms with Crippen LogP contribution in [0.1, 0.15) is 35.2 Å². The fourth-order valence-electron chi connectivity index (χ4n) is 4.70. The van der Waals surface area contributed by atoms with Crippen LogP contribution in [0.25, 0.3) is 0 Å². The summed E-state index contributed by atoms with van der Waals surface area (Å²) in [6.07, 6.45) is 3.06. The minimum Gasteiger partial charge on any atom is -0.378 e. The molecule has 27 heavy (non-hydrogen) atoms. The molecule has 7 heteroatoms. The molecule has 0 unspecified atom stereocenters. The van der Waals surface area contributed by atoms with Crippen molar-refractivity contribution in [3.63, 3.8) is 0 Å². The van der Waals surface area contributed by atoms with Gasteiger partial charge in [0.05, 0.1) is 25.8 Å². The van der Waals surface area contributed by atoms with Gasteiger partial charge in [-0.3, -0.25) is 14.5 Å². The Balaban J connectivity index is 1.23. The Morgan fingerprint density at radius 1 is 1.33 bits per heavy atom. The highest BCUT2D eigenvalue weighted by atomic mass is 16.5. The number of nitrogens with zero attached hydrogens (tertiary/aromatic N) is 2. The van der Waals surface area contributed by atoms with Crippen molar-refractivity contribution in [2.24, 2.45) is 0 Å². The van der Waals surface area contributed by atoms with Crippen LogP contribution in [0.2, 0.25) is 0 Å². The van der Waals surface area contributed by atoms with E-state index in [1.54, 1.807) is 11.0 Å². The van der Waals surface area contributed by atoms with E-state index in [9.17, 15) is 9.59 Å². The highest BCUT2D eigenvalue weighted by Crippen LogP contribution is 2.51. The van der Waals surface area contributed by atoms with Gasteiger partial charge in [0.15, 0.2) is 0 Å². The topological polar surface area (TPSA) is 61.9 Å². The number of carbonyl (C=O) groups is 2. The van der Waals surface area contributed by atoms with E-state index >= 15 is 0 Å². The summed E-state index contributed by atoms with van der Waals surface area (Å²) < 4.78 is 5.26. The van der Waals surface area contributed by atoms with Gasteiger partial charge in [-0.2, -0.15) is 0 Å². The first kappa shape index (κ1) is 17.3. The zero-order valence-electron chi connectivity index (χ0n) is 15.4. The van der Waals surface area contributed by atoms with Crippen LogP contribution in [-0.2, 0) is 14.9 Å². The molecule has 1 saturated carbocycles. The lowest BCUT2D eigenvalue weighted by atomic mass is 9.82. The first-order valence-corrected chi connectivity index (χ1v) is 9.84. The highest BCUT2D eigenvalue weighted by molar-refractivity contribution is 6.32. The second kappa shape index (κ2) is 6.35. The van der Waals surface area contributed by atoms with E-state index in [0.29, 0.717) is 23.6 Å². The number of nitrogens with one attached hydrogen (secondary N) is 1. The molecular formula is C20H24BN3O3. The molecule has 4 aliphatic rings. The summed E-state index contributed by atoms with van der Waals surface area (Å²) in [5.74, 6) is -0.118. The van der Waals surface area contributed by atoms with Gasteiger partial charge in [-0.1, -0.05) is 17.6 Å². The summed E-state index contributed by atoms with van der Waals surface area (Å²) in [6, 6.07) is 6.20. The molecule has 6 nitrogen and oxygen atoms in total. The van der Waals surface area contributed by atoms with Crippen molar-refractivity contribution in [3.8, 4) is 0 Å². The first-order valence-electron chi connectivity index (χ1n) is 9.84. The maximum Gasteiger partial charge on any atom is 0.254 e. The first-order chi connectivity index (χ1) is 13.0. The molecule has 2 amide bonds. The Morgan fingerprint density at radius 2 is 2.15 bits per heavy atom. The van der Waals surface area contributed by atoms with Gasteiger partial charge in [-0.25, -0.2) is 0 Å². The predicted octanol–water partition coefficient (Wildman–Crippen LogP) is -0.443. The number of benzene rings is 1. The number of likely N-dealkylation sites (tertiary alicyclic amines) is 1. The highest BCUT2D eigenvalue weighted by Gasteiger charge is 2.51. The van der Waals surface area contributed by atoms with Crippen LogP contribution in [0.5, 0.6) is 0 Å². The van der Waals surface area contributed by atoms with Crippen LogP contribution in [0.3, 0.4) is 0 Å². The van der Waals surface area contributed by atoms with E-state index in [2.05, 4.69) is 10.2 Å². The largest absolute Gasteiger partial charge is 0.378 e. The third-order valence-corrected chi connectivity index (χ3v) is 6.54. The van der Waals surface area contributed by atoms with Crippen LogP contribution in [-0.4, -0.2) is 80.9 Å². The molecule has 3 fully saturated rings. The summed E-state index contributed by atoms with van der Waals surface area (Å²) >= 11 is 0. The summed E-state index contributed by atoms with van der Waals surface area (Å²) in [6.45, 7) is 4.22. The van der Waals surface area contributed by atoms with Gasteiger partial charge < -0.3 is 15.0 Å². The normalized spacial score (nSPS) is 26.7. The molecule has 0 aromatic heterocycles. The van der Waals surface area contributed by atoms with Crippen molar-refractivity contribution in [2.45, 2.75) is 36.8 Å². The maximum absolute atomic E-state index is 12.9. The predicted molar refractivity (Wildman–Crippen MR) is 101 cm³/mol. The van der Waals surface area contributed by atoms with E-state index in [4.69, 9.17) is 12.6 Å². The third-order valence-electron chi connectivity index (χ3n) is 6.54. The SMILES string of the molecule is [B]c1ccc2c(c1)C1(CC1)CN(CC(=O)N[C@@H]1CCN(C3COC3)C1)C2=O. The number of carbonyl (C=O) groups excluding carboxylic acids is 2. The second-order valence-electron chi connectivity index (χ2n) is 8.49. The Kier molecular flexibility index (Phi) is 4.06. The second-order valence-corrected chi connectivity index (χ2v) is 8.49. The lowest BCUT2D eigenvalue weighted by Gasteiger charge is -2.35. The molecule has 3 aliphatic heterocycles. The fourth-order valence-corrected chi connectivity index (χ4v) is 4.70. The number of ether oxygens (including phenoxy) is 1. The minimum atomic E-state index is -0.0604.